The summed E-state index contributed by atoms with van der Waals surface area (Å²) in [6, 6.07) is 6.99. The van der Waals surface area contributed by atoms with Crippen molar-refractivity contribution < 1.29 is 22.7 Å². The summed E-state index contributed by atoms with van der Waals surface area (Å²) >= 11 is 3.38. The number of amides is 1. The third-order valence-electron chi connectivity index (χ3n) is 6.23. The molecule has 13 nitrogen and oxygen atoms in total. The van der Waals surface area contributed by atoms with Crippen molar-refractivity contribution in [3.63, 3.8) is 0 Å². The van der Waals surface area contributed by atoms with Crippen LogP contribution in [0, 0.1) is 0 Å². The minimum Gasteiger partial charge on any atom is -0.444 e. The van der Waals surface area contributed by atoms with Crippen LogP contribution in [-0.4, -0.2) is 77.4 Å². The molecular formula is C27H38BrN8O5SSi. The van der Waals surface area contributed by atoms with E-state index < -0.39 is 30.3 Å². The lowest BCUT2D eigenvalue weighted by Crippen LogP contribution is -2.33. The predicted octanol–water partition coefficient (Wildman–Crippen LogP) is 4.44. The Morgan fingerprint density at radius 2 is 1.93 bits per heavy atom. The Morgan fingerprint density at radius 3 is 2.63 bits per heavy atom. The number of halogens is 1. The summed E-state index contributed by atoms with van der Waals surface area (Å²) in [6.45, 7) is 11.6. The molecule has 0 unspecified atom stereocenters. The number of benzene rings is 1. The summed E-state index contributed by atoms with van der Waals surface area (Å²) in [4.78, 5) is 25.4. The molecule has 0 aliphatic carbocycles. The first-order valence-electron chi connectivity index (χ1n) is 13.9. The molecule has 2 N–H and O–H groups in total. The van der Waals surface area contributed by atoms with Crippen molar-refractivity contribution in [3.8, 4) is 0 Å². The van der Waals surface area contributed by atoms with Crippen LogP contribution in [0.3, 0.4) is 0 Å². The summed E-state index contributed by atoms with van der Waals surface area (Å²) in [5.74, 6) is 0.903. The maximum atomic E-state index is 12.3. The summed E-state index contributed by atoms with van der Waals surface area (Å²) in [6.07, 6.45) is 3.57. The number of rotatable bonds is 13. The zero-order valence-electron chi connectivity index (χ0n) is 25.3. The normalized spacial score (nSPS) is 12.4. The number of ether oxygens (including phenoxy) is 2. The first-order chi connectivity index (χ1) is 20.2. The fraction of sp³-hybridized carbons (Fsp3) is 0.519. The van der Waals surface area contributed by atoms with E-state index in [1.165, 1.54) is 10.7 Å². The molecule has 0 aliphatic rings. The van der Waals surface area contributed by atoms with E-state index in [0.29, 0.717) is 48.7 Å². The number of carbonyl (C=O) groups is 1. The fourth-order valence-electron chi connectivity index (χ4n) is 4.27. The van der Waals surface area contributed by atoms with E-state index in [-0.39, 0.29) is 17.6 Å². The monoisotopic (exact) mass is 693 g/mol. The first-order valence-corrected chi connectivity index (χ1v) is 19.3. The Kier molecular flexibility index (Phi) is 10.5. The molecule has 0 fully saturated rings. The average Bonchev–Trinajstić information content (AvgIpc) is 3.46. The largest absolute Gasteiger partial charge is 0.444 e. The fourth-order valence-corrected chi connectivity index (χ4v) is 5.67. The lowest BCUT2D eigenvalue weighted by molar-refractivity contribution is 0.0527. The molecule has 1 radical (unpaired) electrons. The van der Waals surface area contributed by atoms with Gasteiger partial charge in [0.15, 0.2) is 5.65 Å². The third kappa shape index (κ3) is 8.74. The number of hydrogen-bond donors (Lipinski definition) is 2. The minimum atomic E-state index is -3.67. The molecule has 0 spiro atoms. The van der Waals surface area contributed by atoms with Crippen LogP contribution in [0.2, 0.25) is 19.1 Å². The number of anilines is 1. The number of nitrogens with zero attached hydrogens (tertiary/aromatic N) is 6. The van der Waals surface area contributed by atoms with Gasteiger partial charge in [0.05, 0.1) is 28.2 Å². The lowest BCUT2D eigenvalue weighted by atomic mass is 10.1. The molecule has 4 rings (SSSR count). The quantitative estimate of drug-likeness (QED) is 0.152. The smallest absolute Gasteiger partial charge is 0.407 e. The van der Waals surface area contributed by atoms with Crippen molar-refractivity contribution in [1.82, 2.24) is 34.4 Å². The molecule has 43 heavy (non-hydrogen) atoms. The topological polar surface area (TPSA) is 155 Å². The van der Waals surface area contributed by atoms with Gasteiger partial charge >= 0.3 is 6.09 Å². The molecule has 1 aromatic carbocycles. The van der Waals surface area contributed by atoms with E-state index in [2.05, 4.69) is 60.8 Å². The molecule has 0 atom stereocenters. The van der Waals surface area contributed by atoms with Crippen LogP contribution in [0.25, 0.3) is 16.7 Å². The van der Waals surface area contributed by atoms with Crippen molar-refractivity contribution in [3.05, 3.63) is 40.3 Å². The van der Waals surface area contributed by atoms with Crippen LogP contribution in [0.15, 0.2) is 34.0 Å². The molecule has 0 aliphatic heterocycles. The number of aryl methyl sites for hydroxylation is 1. The number of aromatic nitrogens is 6. The molecule has 1 amide bonds. The van der Waals surface area contributed by atoms with Gasteiger partial charge in [-0.2, -0.15) is 19.6 Å². The van der Waals surface area contributed by atoms with Crippen LogP contribution in [0.5, 0.6) is 0 Å². The van der Waals surface area contributed by atoms with Crippen molar-refractivity contribution in [2.75, 3.05) is 24.7 Å². The number of imidazole rings is 1. The van der Waals surface area contributed by atoms with Crippen molar-refractivity contribution >= 4 is 63.3 Å². The van der Waals surface area contributed by atoms with Crippen molar-refractivity contribution in [2.24, 2.45) is 0 Å². The number of sulfone groups is 1. The van der Waals surface area contributed by atoms with Gasteiger partial charge in [-0.1, -0.05) is 25.2 Å². The van der Waals surface area contributed by atoms with E-state index in [4.69, 9.17) is 14.5 Å². The summed E-state index contributed by atoms with van der Waals surface area (Å²) in [5, 5.41) is 10.0. The van der Waals surface area contributed by atoms with Crippen LogP contribution in [0.4, 0.5) is 10.7 Å². The zero-order chi connectivity index (χ0) is 31.4. The number of carbonyl (C=O) groups excluding carboxylic acids is 1. The van der Waals surface area contributed by atoms with Crippen LogP contribution >= 0.6 is 15.9 Å². The van der Waals surface area contributed by atoms with Crippen LogP contribution in [-0.2, 0) is 39.0 Å². The molecule has 16 heteroatoms. The minimum absolute atomic E-state index is 0.216. The maximum Gasteiger partial charge on any atom is 0.407 e. The highest BCUT2D eigenvalue weighted by Gasteiger charge is 2.20. The SMILES string of the molecule is C[Si](C)CCOCn1c(CNc2nc(S(C)(=O)=O)nc3c(Br)cnn23)nc2cccc(CCCNC(=O)OC(C)(C)C)c21. The van der Waals surface area contributed by atoms with Gasteiger partial charge in [0.2, 0.25) is 15.8 Å². The van der Waals surface area contributed by atoms with Gasteiger partial charge in [0.25, 0.3) is 5.16 Å². The Bertz CT molecular complexity index is 1700. The van der Waals surface area contributed by atoms with Gasteiger partial charge in [0, 0.05) is 28.2 Å². The molecule has 0 bridgehead atoms. The second-order valence-corrected chi connectivity index (χ2v) is 17.1. The Morgan fingerprint density at radius 1 is 1.16 bits per heavy atom. The van der Waals surface area contributed by atoms with E-state index in [9.17, 15) is 13.2 Å². The average molecular weight is 695 g/mol. The number of alkyl carbamates (subject to hydrolysis) is 1. The van der Waals surface area contributed by atoms with E-state index in [0.717, 1.165) is 28.9 Å². The molecule has 3 heterocycles. The zero-order valence-corrected chi connectivity index (χ0v) is 28.7. The predicted molar refractivity (Wildman–Crippen MR) is 169 cm³/mol. The maximum absolute atomic E-state index is 12.3. The molecule has 0 saturated heterocycles. The number of nitrogens with one attached hydrogen (secondary N) is 2. The molecular weight excluding hydrogens is 656 g/mol. The molecule has 0 saturated carbocycles. The molecule has 4 aromatic rings. The summed E-state index contributed by atoms with van der Waals surface area (Å²) < 4.78 is 40.0. The van der Waals surface area contributed by atoms with Gasteiger partial charge in [-0.15, -0.1) is 0 Å². The van der Waals surface area contributed by atoms with E-state index in [1.807, 2.05) is 37.5 Å². The van der Waals surface area contributed by atoms with Gasteiger partial charge in [-0.3, -0.25) is 0 Å². The first kappa shape index (κ1) is 32.8. The van der Waals surface area contributed by atoms with Gasteiger partial charge in [-0.05, 0) is 67.2 Å². The van der Waals surface area contributed by atoms with Gasteiger partial charge in [-0.25, -0.2) is 18.2 Å². The highest BCUT2D eigenvalue weighted by atomic mass is 79.9. The van der Waals surface area contributed by atoms with Gasteiger partial charge < -0.3 is 24.7 Å². The second-order valence-electron chi connectivity index (χ2n) is 11.5. The summed E-state index contributed by atoms with van der Waals surface area (Å²) in [5.41, 5.74) is 2.60. The van der Waals surface area contributed by atoms with Crippen LogP contribution < -0.4 is 10.6 Å². The molecule has 233 valence electrons. The lowest BCUT2D eigenvalue weighted by Gasteiger charge is -2.19. The van der Waals surface area contributed by atoms with Gasteiger partial charge in [0.1, 0.15) is 18.2 Å². The summed E-state index contributed by atoms with van der Waals surface area (Å²) in [7, 11) is -4.11. The third-order valence-corrected chi connectivity index (χ3v) is 8.84. The Balaban J connectivity index is 1.60. The Hall–Kier alpha value is -3.08. The van der Waals surface area contributed by atoms with Crippen molar-refractivity contribution in [2.45, 2.75) is 76.8 Å². The number of para-hydroxylation sites is 1. The standard InChI is InChI=1S/C27H38BrN8O5SSi/c1-27(2,3)41-26(37)29-12-8-10-18-9-7-11-20-22(18)35(17-40-13-14-43(5)6)21(32-20)16-30-24-34-25(42(4,38)39)33-23-19(28)15-31-36(23)24/h7,9,11,15H,8,10,12-14,16-17H2,1-6H3,(H,29,37)(H,30,33,34). The Labute approximate surface area is 261 Å². The number of fused-ring (bicyclic) bond motifs is 2. The van der Waals surface area contributed by atoms with E-state index in [1.54, 1.807) is 0 Å². The van der Waals surface area contributed by atoms with Crippen LogP contribution in [0.1, 0.15) is 38.6 Å². The molecule has 3 aromatic heterocycles. The highest BCUT2D eigenvalue weighted by Crippen LogP contribution is 2.24. The van der Waals surface area contributed by atoms with E-state index >= 15 is 0 Å². The second kappa shape index (κ2) is 13.7. The number of hydrogen-bond acceptors (Lipinski definition) is 10. The highest BCUT2D eigenvalue weighted by molar-refractivity contribution is 9.10. The van der Waals surface area contributed by atoms with Crippen molar-refractivity contribution in [1.29, 1.82) is 0 Å².